The summed E-state index contributed by atoms with van der Waals surface area (Å²) in [5.74, 6) is 1.66. The molecule has 0 atom stereocenters. The molecular weight excluding hydrogens is 479 g/mol. The van der Waals surface area contributed by atoms with E-state index in [1.54, 1.807) is 11.0 Å². The summed E-state index contributed by atoms with van der Waals surface area (Å²) in [7, 11) is 4.08. The number of rotatable bonds is 7. The number of nitrogens with zero attached hydrogens (tertiary/aromatic N) is 6. The molecule has 0 bridgehead atoms. The zero-order valence-electron chi connectivity index (χ0n) is 17.6. The number of aromatic nitrogens is 3. The van der Waals surface area contributed by atoms with Crippen LogP contribution in [-0.2, 0) is 26.7 Å². The van der Waals surface area contributed by atoms with Crippen molar-refractivity contribution in [2.24, 2.45) is 12.0 Å². The van der Waals surface area contributed by atoms with Crippen LogP contribution in [0.25, 0.3) is 0 Å². The minimum absolute atomic E-state index is 0. The van der Waals surface area contributed by atoms with Gasteiger partial charge in [0, 0.05) is 46.3 Å². The van der Waals surface area contributed by atoms with Crippen molar-refractivity contribution in [3.63, 3.8) is 0 Å². The van der Waals surface area contributed by atoms with Crippen molar-refractivity contribution in [3.8, 4) is 0 Å². The van der Waals surface area contributed by atoms with Crippen molar-refractivity contribution in [2.75, 3.05) is 39.8 Å². The van der Waals surface area contributed by atoms with Gasteiger partial charge in [0.15, 0.2) is 5.96 Å². The van der Waals surface area contributed by atoms with Gasteiger partial charge in [0.1, 0.15) is 12.2 Å². The highest BCUT2D eigenvalue weighted by atomic mass is 127. The molecule has 0 spiro atoms. The van der Waals surface area contributed by atoms with Crippen LogP contribution in [0.15, 0.2) is 35.6 Å². The van der Waals surface area contributed by atoms with Crippen molar-refractivity contribution >= 4 is 29.9 Å². The molecule has 2 aromatic rings. The van der Waals surface area contributed by atoms with Crippen molar-refractivity contribution < 1.29 is 0 Å². The third-order valence-corrected chi connectivity index (χ3v) is 5.01. The third kappa shape index (κ3) is 7.56. The number of aliphatic imine (C=N–C) groups is 1. The Balaban J connectivity index is 0.00000300. The Morgan fingerprint density at radius 1 is 1.03 bits per heavy atom. The highest BCUT2D eigenvalue weighted by Crippen LogP contribution is 2.10. The first-order chi connectivity index (χ1) is 13.6. The number of guanidine groups is 1. The van der Waals surface area contributed by atoms with E-state index in [0.29, 0.717) is 13.1 Å². The number of likely N-dealkylation sites (N-methyl/N-ethyl adjacent to an activating group) is 1. The van der Waals surface area contributed by atoms with Crippen LogP contribution in [-0.4, -0.2) is 70.3 Å². The lowest BCUT2D eigenvalue weighted by Gasteiger charge is -2.32. The van der Waals surface area contributed by atoms with Crippen LogP contribution in [0.1, 0.15) is 23.9 Å². The number of nitrogens with one attached hydrogen (secondary N) is 2. The van der Waals surface area contributed by atoms with Gasteiger partial charge < -0.3 is 15.5 Å². The molecule has 0 radical (unpaired) electrons. The first-order valence-corrected chi connectivity index (χ1v) is 9.98. The molecule has 1 fully saturated rings. The highest BCUT2D eigenvalue weighted by molar-refractivity contribution is 14.0. The molecule has 9 heteroatoms. The predicted molar refractivity (Wildman–Crippen MR) is 127 cm³/mol. The Morgan fingerprint density at radius 3 is 2.34 bits per heavy atom. The van der Waals surface area contributed by atoms with E-state index in [4.69, 9.17) is 0 Å². The van der Waals surface area contributed by atoms with Crippen molar-refractivity contribution in [1.29, 1.82) is 0 Å². The topological polar surface area (TPSA) is 73.6 Å². The fourth-order valence-corrected chi connectivity index (χ4v) is 3.17. The minimum atomic E-state index is 0. The van der Waals surface area contributed by atoms with Gasteiger partial charge in [0.05, 0.1) is 13.1 Å². The first kappa shape index (κ1) is 23.6. The Morgan fingerprint density at radius 2 is 1.72 bits per heavy atom. The SMILES string of the molecule is CCNC(=NCc1ccc(CN2CCN(C)CC2)cc1)NCc1ncnn1C.I. The van der Waals surface area contributed by atoms with Gasteiger partial charge in [-0.1, -0.05) is 24.3 Å². The van der Waals surface area contributed by atoms with E-state index in [1.165, 1.54) is 11.1 Å². The van der Waals surface area contributed by atoms with Gasteiger partial charge in [0.25, 0.3) is 0 Å². The quantitative estimate of drug-likeness (QED) is 0.333. The van der Waals surface area contributed by atoms with E-state index < -0.39 is 0 Å². The van der Waals surface area contributed by atoms with Crippen LogP contribution in [0.3, 0.4) is 0 Å². The van der Waals surface area contributed by atoms with Gasteiger partial charge in [-0.15, -0.1) is 24.0 Å². The summed E-state index contributed by atoms with van der Waals surface area (Å²) in [4.78, 5) is 13.8. The zero-order valence-corrected chi connectivity index (χ0v) is 20.0. The van der Waals surface area contributed by atoms with Crippen LogP contribution in [0, 0.1) is 0 Å². The van der Waals surface area contributed by atoms with E-state index in [0.717, 1.165) is 51.1 Å². The monoisotopic (exact) mass is 512 g/mol. The van der Waals surface area contributed by atoms with E-state index in [1.807, 2.05) is 7.05 Å². The second-order valence-electron chi connectivity index (χ2n) is 7.24. The highest BCUT2D eigenvalue weighted by Gasteiger charge is 2.13. The summed E-state index contributed by atoms with van der Waals surface area (Å²) in [6, 6.07) is 8.81. The van der Waals surface area contributed by atoms with Crippen molar-refractivity contribution in [2.45, 2.75) is 26.6 Å². The molecule has 0 aliphatic carbocycles. The minimum Gasteiger partial charge on any atom is -0.357 e. The average molecular weight is 512 g/mol. The number of hydrogen-bond donors (Lipinski definition) is 2. The van der Waals surface area contributed by atoms with Crippen LogP contribution < -0.4 is 10.6 Å². The maximum absolute atomic E-state index is 4.69. The van der Waals surface area contributed by atoms with E-state index in [2.05, 4.69) is 73.7 Å². The molecule has 1 aliphatic rings. The molecular formula is C20H33IN8. The van der Waals surface area contributed by atoms with Crippen molar-refractivity contribution in [1.82, 2.24) is 35.2 Å². The van der Waals surface area contributed by atoms with Crippen molar-refractivity contribution in [3.05, 3.63) is 47.5 Å². The zero-order chi connectivity index (χ0) is 19.8. The Bertz CT molecular complexity index is 750. The lowest BCUT2D eigenvalue weighted by Crippen LogP contribution is -2.43. The number of halogens is 1. The second-order valence-corrected chi connectivity index (χ2v) is 7.24. The summed E-state index contributed by atoms with van der Waals surface area (Å²) < 4.78 is 1.76. The van der Waals surface area contributed by atoms with Gasteiger partial charge in [0.2, 0.25) is 0 Å². The molecule has 160 valence electrons. The average Bonchev–Trinajstić information content (AvgIpc) is 3.12. The molecule has 2 heterocycles. The Hall–Kier alpha value is -1.72. The molecule has 29 heavy (non-hydrogen) atoms. The van der Waals surface area contributed by atoms with Gasteiger partial charge in [-0.3, -0.25) is 9.58 Å². The molecule has 2 N–H and O–H groups in total. The second kappa shape index (κ2) is 12.1. The van der Waals surface area contributed by atoms with E-state index >= 15 is 0 Å². The Labute approximate surface area is 190 Å². The molecule has 1 aromatic carbocycles. The van der Waals surface area contributed by atoms with Crippen LogP contribution in [0.4, 0.5) is 0 Å². The lowest BCUT2D eigenvalue weighted by molar-refractivity contribution is 0.148. The number of hydrogen-bond acceptors (Lipinski definition) is 5. The molecule has 1 saturated heterocycles. The molecule has 0 saturated carbocycles. The van der Waals surface area contributed by atoms with Gasteiger partial charge in [-0.2, -0.15) is 5.10 Å². The summed E-state index contributed by atoms with van der Waals surface area (Å²) in [6.07, 6.45) is 1.56. The molecule has 8 nitrogen and oxygen atoms in total. The largest absolute Gasteiger partial charge is 0.357 e. The summed E-state index contributed by atoms with van der Waals surface area (Å²) in [5.41, 5.74) is 2.57. The van der Waals surface area contributed by atoms with Gasteiger partial charge in [-0.25, -0.2) is 9.98 Å². The normalized spacial score (nSPS) is 15.8. The number of piperazine rings is 1. The fourth-order valence-electron chi connectivity index (χ4n) is 3.17. The standard InChI is InChI=1S/C20H32N8.HI/c1-4-21-20(23-14-19-24-16-25-27(19)3)22-13-17-5-7-18(8-6-17)15-28-11-9-26(2)10-12-28;/h5-8,16H,4,9-15H2,1-3H3,(H2,21,22,23);1H. The smallest absolute Gasteiger partial charge is 0.191 e. The molecule has 0 unspecified atom stereocenters. The third-order valence-electron chi connectivity index (χ3n) is 5.01. The molecule has 1 aliphatic heterocycles. The van der Waals surface area contributed by atoms with Gasteiger partial charge >= 0.3 is 0 Å². The maximum atomic E-state index is 4.69. The Kier molecular flexibility index (Phi) is 9.82. The van der Waals surface area contributed by atoms with E-state index in [-0.39, 0.29) is 24.0 Å². The van der Waals surface area contributed by atoms with Gasteiger partial charge in [-0.05, 0) is 25.1 Å². The first-order valence-electron chi connectivity index (χ1n) is 9.98. The predicted octanol–water partition coefficient (Wildman–Crippen LogP) is 1.44. The fraction of sp³-hybridized carbons (Fsp3) is 0.550. The number of benzene rings is 1. The van der Waals surface area contributed by atoms with Crippen LogP contribution >= 0.6 is 24.0 Å². The lowest BCUT2D eigenvalue weighted by atomic mass is 10.1. The summed E-state index contributed by atoms with van der Waals surface area (Å²) in [6.45, 7) is 9.73. The number of aryl methyl sites for hydroxylation is 1. The summed E-state index contributed by atoms with van der Waals surface area (Å²) >= 11 is 0. The van der Waals surface area contributed by atoms with Crippen LogP contribution in [0.5, 0.6) is 0 Å². The summed E-state index contributed by atoms with van der Waals surface area (Å²) in [5, 5.41) is 10.7. The van der Waals surface area contributed by atoms with E-state index in [9.17, 15) is 0 Å². The van der Waals surface area contributed by atoms with Crippen LogP contribution in [0.2, 0.25) is 0 Å². The molecule has 1 aromatic heterocycles. The molecule has 3 rings (SSSR count). The molecule has 0 amide bonds. The maximum Gasteiger partial charge on any atom is 0.191 e.